The molecule has 2 nitrogen and oxygen atoms in total. The summed E-state index contributed by atoms with van der Waals surface area (Å²) >= 11 is 0. The minimum Gasteiger partial charge on any atom is -0.489 e. The molecule has 0 saturated heterocycles. The molecule has 0 aliphatic carbocycles. The van der Waals surface area contributed by atoms with Crippen molar-refractivity contribution in [1.82, 2.24) is 0 Å². The maximum Gasteiger partial charge on any atom is 0.123 e. The molecule has 0 saturated carbocycles. The Bertz CT molecular complexity index is 797. The lowest BCUT2D eigenvalue weighted by atomic mass is 10.1. The van der Waals surface area contributed by atoms with Crippen molar-refractivity contribution in [3.05, 3.63) is 95.3 Å². The topological polar surface area (TPSA) is 21.3 Å². The number of benzene rings is 3. The molecule has 0 radical (unpaired) electrons. The van der Waals surface area contributed by atoms with E-state index < -0.39 is 0 Å². The number of halogens is 1. The lowest BCUT2D eigenvalue weighted by Gasteiger charge is -2.09. The van der Waals surface area contributed by atoms with Crippen molar-refractivity contribution in [2.24, 2.45) is 0 Å². The molecule has 3 heteroatoms. The van der Waals surface area contributed by atoms with Crippen molar-refractivity contribution in [3.63, 3.8) is 0 Å². The highest BCUT2D eigenvalue weighted by Crippen LogP contribution is 2.16. The summed E-state index contributed by atoms with van der Waals surface area (Å²) in [6.07, 6.45) is 1.05. The SMILES string of the molecule is CCc1ccc(NCc2ccc(OCc3cccc(F)c3)cc2)cc1. The monoisotopic (exact) mass is 335 g/mol. The van der Waals surface area contributed by atoms with E-state index in [-0.39, 0.29) is 5.82 Å². The molecule has 0 unspecified atom stereocenters. The standard InChI is InChI=1S/C22H22FNO/c1-2-17-6-10-21(11-7-17)24-15-18-8-12-22(13-9-18)25-16-19-4-3-5-20(23)14-19/h3-14,24H,2,15-16H2,1H3. The lowest BCUT2D eigenvalue weighted by Crippen LogP contribution is -2.00. The Balaban J connectivity index is 1.51. The predicted molar refractivity (Wildman–Crippen MR) is 100 cm³/mol. The Morgan fingerprint density at radius 3 is 2.24 bits per heavy atom. The zero-order valence-corrected chi connectivity index (χ0v) is 14.3. The molecule has 3 aromatic carbocycles. The third-order valence-electron chi connectivity index (χ3n) is 4.08. The van der Waals surface area contributed by atoms with Crippen LogP contribution in [-0.2, 0) is 19.6 Å². The van der Waals surface area contributed by atoms with Crippen LogP contribution in [0, 0.1) is 5.82 Å². The Hall–Kier alpha value is -2.81. The van der Waals surface area contributed by atoms with Gasteiger partial charge in [0.1, 0.15) is 18.2 Å². The van der Waals surface area contributed by atoms with Crippen LogP contribution in [-0.4, -0.2) is 0 Å². The summed E-state index contributed by atoms with van der Waals surface area (Å²) < 4.78 is 18.9. The van der Waals surface area contributed by atoms with Gasteiger partial charge in [-0.3, -0.25) is 0 Å². The molecular weight excluding hydrogens is 313 g/mol. The van der Waals surface area contributed by atoms with E-state index in [9.17, 15) is 4.39 Å². The van der Waals surface area contributed by atoms with Crippen LogP contribution in [0.1, 0.15) is 23.6 Å². The van der Waals surface area contributed by atoms with Gasteiger partial charge in [-0.1, -0.05) is 43.3 Å². The molecule has 25 heavy (non-hydrogen) atoms. The van der Waals surface area contributed by atoms with Crippen LogP contribution in [0.2, 0.25) is 0 Å². The Kier molecular flexibility index (Phi) is 5.68. The van der Waals surface area contributed by atoms with E-state index in [4.69, 9.17) is 4.74 Å². The van der Waals surface area contributed by atoms with Gasteiger partial charge in [-0.15, -0.1) is 0 Å². The largest absolute Gasteiger partial charge is 0.489 e. The van der Waals surface area contributed by atoms with Gasteiger partial charge in [-0.25, -0.2) is 4.39 Å². The van der Waals surface area contributed by atoms with Gasteiger partial charge in [-0.05, 0) is 59.5 Å². The number of hydrogen-bond acceptors (Lipinski definition) is 2. The second kappa shape index (κ2) is 8.34. The number of rotatable bonds is 7. The zero-order chi connectivity index (χ0) is 17.5. The van der Waals surface area contributed by atoms with Crippen molar-refractivity contribution in [2.75, 3.05) is 5.32 Å². The first-order valence-corrected chi connectivity index (χ1v) is 8.52. The Labute approximate surface area is 148 Å². The van der Waals surface area contributed by atoms with Crippen molar-refractivity contribution >= 4 is 5.69 Å². The van der Waals surface area contributed by atoms with Crippen LogP contribution in [0.3, 0.4) is 0 Å². The van der Waals surface area contributed by atoms with Crippen LogP contribution in [0.25, 0.3) is 0 Å². The smallest absolute Gasteiger partial charge is 0.123 e. The van der Waals surface area contributed by atoms with E-state index in [1.54, 1.807) is 6.07 Å². The van der Waals surface area contributed by atoms with Crippen molar-refractivity contribution < 1.29 is 9.13 Å². The maximum atomic E-state index is 13.2. The van der Waals surface area contributed by atoms with Crippen molar-refractivity contribution in [2.45, 2.75) is 26.5 Å². The zero-order valence-electron chi connectivity index (χ0n) is 14.3. The first-order chi connectivity index (χ1) is 12.2. The van der Waals surface area contributed by atoms with Gasteiger partial charge in [-0.2, -0.15) is 0 Å². The molecule has 0 fully saturated rings. The maximum absolute atomic E-state index is 13.2. The number of nitrogens with one attached hydrogen (secondary N) is 1. The number of aryl methyl sites for hydroxylation is 1. The summed E-state index contributed by atoms with van der Waals surface area (Å²) in [4.78, 5) is 0. The van der Waals surface area contributed by atoms with Gasteiger partial charge in [0.25, 0.3) is 0 Å². The number of anilines is 1. The van der Waals surface area contributed by atoms with E-state index in [0.29, 0.717) is 6.61 Å². The summed E-state index contributed by atoms with van der Waals surface area (Å²) in [5, 5.41) is 3.41. The normalized spacial score (nSPS) is 10.5. The average molecular weight is 335 g/mol. The Morgan fingerprint density at radius 2 is 1.56 bits per heavy atom. The summed E-state index contributed by atoms with van der Waals surface area (Å²) in [5.41, 5.74) is 4.45. The predicted octanol–water partition coefficient (Wildman–Crippen LogP) is 5.58. The van der Waals surface area contributed by atoms with Gasteiger partial charge in [0, 0.05) is 12.2 Å². The second-order valence-corrected chi connectivity index (χ2v) is 5.97. The number of hydrogen-bond donors (Lipinski definition) is 1. The molecule has 0 aromatic heterocycles. The lowest BCUT2D eigenvalue weighted by molar-refractivity contribution is 0.305. The molecule has 0 spiro atoms. The van der Waals surface area contributed by atoms with Gasteiger partial charge in [0.05, 0.1) is 0 Å². The molecule has 128 valence electrons. The fraction of sp³-hybridized carbons (Fsp3) is 0.182. The molecule has 3 aromatic rings. The van der Waals surface area contributed by atoms with E-state index in [2.05, 4.69) is 36.5 Å². The highest BCUT2D eigenvalue weighted by molar-refractivity contribution is 5.45. The molecule has 3 rings (SSSR count). The number of ether oxygens (including phenoxy) is 1. The molecule has 0 aliphatic heterocycles. The van der Waals surface area contributed by atoms with E-state index in [1.165, 1.54) is 23.3 Å². The molecule has 0 heterocycles. The van der Waals surface area contributed by atoms with Crippen LogP contribution in [0.5, 0.6) is 5.75 Å². The molecule has 0 aliphatic rings. The highest BCUT2D eigenvalue weighted by Gasteiger charge is 1.99. The molecular formula is C22H22FNO. The summed E-state index contributed by atoms with van der Waals surface area (Å²) in [6, 6.07) is 22.9. The Morgan fingerprint density at radius 1 is 0.840 bits per heavy atom. The van der Waals surface area contributed by atoms with Crippen LogP contribution < -0.4 is 10.1 Å². The molecule has 0 atom stereocenters. The average Bonchev–Trinajstić information content (AvgIpc) is 2.66. The van der Waals surface area contributed by atoms with E-state index >= 15 is 0 Å². The quantitative estimate of drug-likeness (QED) is 0.608. The van der Waals surface area contributed by atoms with Crippen LogP contribution >= 0.6 is 0 Å². The third-order valence-corrected chi connectivity index (χ3v) is 4.08. The van der Waals surface area contributed by atoms with Crippen molar-refractivity contribution in [3.8, 4) is 5.75 Å². The van der Waals surface area contributed by atoms with Crippen LogP contribution in [0.15, 0.2) is 72.8 Å². The van der Waals surface area contributed by atoms with Gasteiger partial charge in [0.2, 0.25) is 0 Å². The van der Waals surface area contributed by atoms with E-state index in [1.807, 2.05) is 30.3 Å². The second-order valence-electron chi connectivity index (χ2n) is 5.97. The highest BCUT2D eigenvalue weighted by atomic mass is 19.1. The van der Waals surface area contributed by atoms with Gasteiger partial charge >= 0.3 is 0 Å². The summed E-state index contributed by atoms with van der Waals surface area (Å²) in [6.45, 7) is 3.27. The van der Waals surface area contributed by atoms with Crippen LogP contribution in [0.4, 0.5) is 10.1 Å². The molecule has 1 N–H and O–H groups in total. The summed E-state index contributed by atoms with van der Waals surface area (Å²) in [5.74, 6) is 0.537. The van der Waals surface area contributed by atoms with Gasteiger partial charge < -0.3 is 10.1 Å². The fourth-order valence-corrected chi connectivity index (χ4v) is 2.56. The molecule has 0 amide bonds. The minimum absolute atomic E-state index is 0.241. The molecule has 0 bridgehead atoms. The van der Waals surface area contributed by atoms with E-state index in [0.717, 1.165) is 30.0 Å². The van der Waals surface area contributed by atoms with Gasteiger partial charge in [0.15, 0.2) is 0 Å². The summed E-state index contributed by atoms with van der Waals surface area (Å²) in [7, 11) is 0. The first-order valence-electron chi connectivity index (χ1n) is 8.52. The third kappa shape index (κ3) is 5.08. The first kappa shape index (κ1) is 17.0. The van der Waals surface area contributed by atoms with Crippen molar-refractivity contribution in [1.29, 1.82) is 0 Å². The minimum atomic E-state index is -0.241. The fourth-order valence-electron chi connectivity index (χ4n) is 2.56.